The fourth-order valence-electron chi connectivity index (χ4n) is 4.36. The number of rotatable bonds is 7. The van der Waals surface area contributed by atoms with Gasteiger partial charge in [0.25, 0.3) is 0 Å². The summed E-state index contributed by atoms with van der Waals surface area (Å²) in [5.74, 6) is -0.394. The topological polar surface area (TPSA) is 75.4 Å². The Morgan fingerprint density at radius 3 is 2.44 bits per heavy atom. The van der Waals surface area contributed by atoms with E-state index in [0.717, 1.165) is 27.9 Å². The Morgan fingerprint density at radius 2 is 1.74 bits per heavy atom. The van der Waals surface area contributed by atoms with Crippen LogP contribution in [0.3, 0.4) is 0 Å². The third kappa shape index (κ3) is 5.44. The summed E-state index contributed by atoms with van der Waals surface area (Å²) in [6, 6.07) is 20.0. The summed E-state index contributed by atoms with van der Waals surface area (Å²) in [4.78, 5) is 27.7. The van der Waals surface area contributed by atoms with Crippen molar-refractivity contribution in [1.82, 2.24) is 4.90 Å². The zero-order valence-corrected chi connectivity index (χ0v) is 20.4. The van der Waals surface area contributed by atoms with Gasteiger partial charge in [0.1, 0.15) is 0 Å². The van der Waals surface area contributed by atoms with Gasteiger partial charge in [-0.25, -0.2) is 0 Å². The van der Waals surface area contributed by atoms with E-state index in [-0.39, 0.29) is 17.7 Å². The largest absolute Gasteiger partial charge is 0.333 e. The standard InChI is InChI=1S/C27H27Cl2N3O2/c1-2-23(17-6-4-3-5-7-17)26(33)31-22-11-9-19-15-32(16-20(19)12-22)27(34)25(30)13-18-8-10-21(28)14-24(18)29/h3-12,14,23,25H,2,13,15-16,30H2,1H3,(H,31,33). The minimum absolute atomic E-state index is 0.0403. The van der Waals surface area contributed by atoms with E-state index in [9.17, 15) is 9.59 Å². The van der Waals surface area contributed by atoms with E-state index in [1.807, 2.05) is 55.5 Å². The minimum Gasteiger partial charge on any atom is -0.333 e. The monoisotopic (exact) mass is 495 g/mol. The van der Waals surface area contributed by atoms with Crippen LogP contribution >= 0.6 is 23.2 Å². The Balaban J connectivity index is 1.40. The van der Waals surface area contributed by atoms with Gasteiger partial charge in [-0.2, -0.15) is 0 Å². The smallest absolute Gasteiger partial charge is 0.240 e. The lowest BCUT2D eigenvalue weighted by atomic mass is 9.95. The number of halogens is 2. The molecule has 0 saturated heterocycles. The van der Waals surface area contributed by atoms with E-state index in [0.29, 0.717) is 36.0 Å². The molecule has 0 radical (unpaired) electrons. The molecular formula is C27H27Cl2N3O2. The number of carbonyl (C=O) groups excluding carboxylic acids is 2. The van der Waals surface area contributed by atoms with Crippen LogP contribution in [0.25, 0.3) is 0 Å². The molecule has 0 aliphatic carbocycles. The van der Waals surface area contributed by atoms with E-state index in [4.69, 9.17) is 28.9 Å². The maximum atomic E-state index is 13.0. The summed E-state index contributed by atoms with van der Waals surface area (Å²) in [7, 11) is 0. The highest BCUT2D eigenvalue weighted by atomic mass is 35.5. The highest BCUT2D eigenvalue weighted by Crippen LogP contribution is 2.28. The van der Waals surface area contributed by atoms with Gasteiger partial charge in [0.15, 0.2) is 0 Å². The number of nitrogens with one attached hydrogen (secondary N) is 1. The molecular weight excluding hydrogens is 469 g/mol. The van der Waals surface area contributed by atoms with Crippen molar-refractivity contribution in [1.29, 1.82) is 0 Å². The van der Waals surface area contributed by atoms with Crippen molar-refractivity contribution in [2.75, 3.05) is 5.32 Å². The van der Waals surface area contributed by atoms with E-state index >= 15 is 0 Å². The number of anilines is 1. The van der Waals surface area contributed by atoms with Gasteiger partial charge in [0, 0.05) is 28.8 Å². The third-order valence-electron chi connectivity index (χ3n) is 6.21. The molecule has 3 aromatic carbocycles. The molecule has 7 heteroatoms. The molecule has 1 aliphatic heterocycles. The third-order valence-corrected chi connectivity index (χ3v) is 6.79. The van der Waals surface area contributed by atoms with Crippen molar-refractivity contribution in [2.24, 2.45) is 5.73 Å². The number of amides is 2. The van der Waals surface area contributed by atoms with Crippen molar-refractivity contribution in [3.63, 3.8) is 0 Å². The highest BCUT2D eigenvalue weighted by molar-refractivity contribution is 6.35. The molecule has 5 nitrogen and oxygen atoms in total. The van der Waals surface area contributed by atoms with Gasteiger partial charge in [0.2, 0.25) is 11.8 Å². The van der Waals surface area contributed by atoms with Crippen LogP contribution in [-0.2, 0) is 29.1 Å². The van der Waals surface area contributed by atoms with Gasteiger partial charge in [-0.15, -0.1) is 0 Å². The maximum Gasteiger partial charge on any atom is 0.240 e. The zero-order valence-electron chi connectivity index (χ0n) is 18.9. The van der Waals surface area contributed by atoms with Crippen LogP contribution in [0.2, 0.25) is 10.0 Å². The van der Waals surface area contributed by atoms with Crippen molar-refractivity contribution >= 4 is 40.7 Å². The molecule has 1 aliphatic rings. The summed E-state index contributed by atoms with van der Waals surface area (Å²) in [6.07, 6.45) is 1.04. The second kappa shape index (κ2) is 10.6. The zero-order chi connectivity index (χ0) is 24.2. The van der Waals surface area contributed by atoms with Crippen molar-refractivity contribution < 1.29 is 9.59 Å². The molecule has 3 N–H and O–H groups in total. The Hall–Kier alpha value is -2.86. The van der Waals surface area contributed by atoms with Gasteiger partial charge in [0.05, 0.1) is 12.0 Å². The maximum absolute atomic E-state index is 13.0. The molecule has 0 spiro atoms. The fraction of sp³-hybridized carbons (Fsp3) is 0.259. The molecule has 2 atom stereocenters. The Morgan fingerprint density at radius 1 is 1.00 bits per heavy atom. The normalized spacial score (nSPS) is 14.4. The first-order chi connectivity index (χ1) is 16.4. The van der Waals surface area contributed by atoms with Gasteiger partial charge in [-0.1, -0.05) is 72.6 Å². The quantitative estimate of drug-likeness (QED) is 0.451. The van der Waals surface area contributed by atoms with Crippen LogP contribution in [0.15, 0.2) is 66.7 Å². The number of hydrogen-bond acceptors (Lipinski definition) is 3. The van der Waals surface area contributed by atoms with E-state index in [2.05, 4.69) is 5.32 Å². The average molecular weight is 496 g/mol. The molecule has 0 saturated carbocycles. The lowest BCUT2D eigenvalue weighted by Gasteiger charge is -2.20. The van der Waals surface area contributed by atoms with Gasteiger partial charge in [-0.05, 0) is 59.4 Å². The van der Waals surface area contributed by atoms with Gasteiger partial charge in [-0.3, -0.25) is 9.59 Å². The van der Waals surface area contributed by atoms with Crippen LogP contribution in [0.4, 0.5) is 5.69 Å². The number of carbonyl (C=O) groups is 2. The molecule has 3 aromatic rings. The van der Waals surface area contributed by atoms with Crippen LogP contribution in [0.1, 0.15) is 41.5 Å². The highest BCUT2D eigenvalue weighted by Gasteiger charge is 2.28. The first-order valence-electron chi connectivity index (χ1n) is 11.3. The Kier molecular flexibility index (Phi) is 7.57. The molecule has 0 aromatic heterocycles. The van der Waals surface area contributed by atoms with Crippen LogP contribution in [0, 0.1) is 0 Å². The summed E-state index contributed by atoms with van der Waals surface area (Å²) >= 11 is 12.2. The van der Waals surface area contributed by atoms with Crippen LogP contribution in [0.5, 0.6) is 0 Å². The van der Waals surface area contributed by atoms with Crippen LogP contribution < -0.4 is 11.1 Å². The first-order valence-corrected chi connectivity index (χ1v) is 12.1. The summed E-state index contributed by atoms with van der Waals surface area (Å²) in [6.45, 7) is 2.95. The molecule has 0 fully saturated rings. The number of nitrogens with two attached hydrogens (primary N) is 1. The molecule has 4 rings (SSSR count). The summed E-state index contributed by atoms with van der Waals surface area (Å²) < 4.78 is 0. The predicted octanol–water partition coefficient (Wildman–Crippen LogP) is 5.54. The number of nitrogens with zero attached hydrogens (tertiary/aromatic N) is 1. The van der Waals surface area contributed by atoms with Gasteiger partial charge >= 0.3 is 0 Å². The fourth-order valence-corrected chi connectivity index (χ4v) is 4.85. The summed E-state index contributed by atoms with van der Waals surface area (Å²) in [5.41, 5.74) is 10.8. The van der Waals surface area contributed by atoms with Crippen molar-refractivity contribution in [3.8, 4) is 0 Å². The average Bonchev–Trinajstić information content (AvgIpc) is 3.25. The van der Waals surface area contributed by atoms with E-state index < -0.39 is 6.04 Å². The molecule has 1 heterocycles. The predicted molar refractivity (Wildman–Crippen MR) is 137 cm³/mol. The lowest BCUT2D eigenvalue weighted by Crippen LogP contribution is -2.42. The second-order valence-corrected chi connectivity index (χ2v) is 9.43. The Bertz CT molecular complexity index is 1200. The SMILES string of the molecule is CCC(C(=O)Nc1ccc2c(c1)CN(C(=O)C(N)Cc1ccc(Cl)cc1Cl)C2)c1ccccc1. The van der Waals surface area contributed by atoms with E-state index in [1.165, 1.54) is 0 Å². The number of benzene rings is 3. The molecule has 2 amide bonds. The minimum atomic E-state index is -0.705. The molecule has 34 heavy (non-hydrogen) atoms. The van der Waals surface area contributed by atoms with Crippen LogP contribution in [-0.4, -0.2) is 22.8 Å². The van der Waals surface area contributed by atoms with Crippen molar-refractivity contribution in [2.45, 2.75) is 44.8 Å². The summed E-state index contributed by atoms with van der Waals surface area (Å²) in [5, 5.41) is 4.08. The molecule has 176 valence electrons. The van der Waals surface area contributed by atoms with Crippen molar-refractivity contribution in [3.05, 3.63) is 99.0 Å². The molecule has 2 unspecified atom stereocenters. The Labute approximate surface area is 209 Å². The lowest BCUT2D eigenvalue weighted by molar-refractivity contribution is -0.133. The van der Waals surface area contributed by atoms with E-state index in [1.54, 1.807) is 23.1 Å². The molecule has 0 bridgehead atoms. The first kappa shape index (κ1) is 24.3. The number of hydrogen-bond donors (Lipinski definition) is 2. The number of fused-ring (bicyclic) bond motifs is 1. The second-order valence-electron chi connectivity index (χ2n) is 8.58. The van der Waals surface area contributed by atoms with Gasteiger partial charge < -0.3 is 16.0 Å².